The number of allylic oxidation sites excluding steroid dienone is 2. The molecule has 0 saturated carbocycles. The van der Waals surface area contributed by atoms with Gasteiger partial charge in [-0.1, -0.05) is 27.7 Å². The summed E-state index contributed by atoms with van der Waals surface area (Å²) in [6, 6.07) is 26.0. The Hall–Kier alpha value is -3.02. The number of aryl methyl sites for hydroxylation is 1. The standard InChI is InChI=1S/C33H31F3NSe.C13H24O2.Ir/c1-21-26-12-9-17-37(25-18-24-10-7-8-11-27(24)28(19-25)31(2,3)4)30(26)38-29(21)23-15-13-22(14-16-23)20-32(5,6)33(34,35)36;1-5-10(6-2)12(14)9-13(15)11(7-3)8-4;/h7-16,19H,20H2,1-6H3;9-11,14H,5-8H2,1-4H3;/q-1;;/b;12-9-;. The van der Waals surface area contributed by atoms with Crippen LogP contribution in [0.5, 0.6) is 0 Å². The summed E-state index contributed by atoms with van der Waals surface area (Å²) in [6.07, 6.45) is 4.07. The van der Waals surface area contributed by atoms with E-state index in [9.17, 15) is 23.1 Å². The minimum atomic E-state index is -4.24. The van der Waals surface area contributed by atoms with Crippen LogP contribution in [0.2, 0.25) is 0 Å². The monoisotopic (exact) mass is 983 g/mol. The molecule has 0 aliphatic heterocycles. The van der Waals surface area contributed by atoms with E-state index in [1.165, 1.54) is 50.7 Å². The Morgan fingerprint density at radius 3 is 2.02 bits per heavy atom. The molecule has 54 heavy (non-hydrogen) atoms. The average Bonchev–Trinajstić information content (AvgIpc) is 3.44. The van der Waals surface area contributed by atoms with E-state index >= 15 is 0 Å². The van der Waals surface area contributed by atoms with Crippen LogP contribution < -0.4 is 4.57 Å². The Morgan fingerprint density at radius 2 is 1.46 bits per heavy atom. The Kier molecular flexibility index (Phi) is 15.7. The molecule has 0 aliphatic carbocycles. The summed E-state index contributed by atoms with van der Waals surface area (Å²) in [5, 5.41) is 13.3. The molecule has 5 aromatic rings. The van der Waals surface area contributed by atoms with Crippen molar-refractivity contribution in [2.75, 3.05) is 0 Å². The van der Waals surface area contributed by atoms with E-state index in [0.717, 1.165) is 42.3 Å². The first-order chi connectivity index (χ1) is 24.9. The summed E-state index contributed by atoms with van der Waals surface area (Å²) in [5.41, 5.74) is 3.43. The van der Waals surface area contributed by atoms with Gasteiger partial charge in [0.2, 0.25) is 0 Å². The summed E-state index contributed by atoms with van der Waals surface area (Å²) >= 11 is 0.00527. The molecule has 0 aliphatic rings. The maximum atomic E-state index is 13.4. The van der Waals surface area contributed by atoms with Crippen molar-refractivity contribution in [1.82, 2.24) is 0 Å². The number of benzene rings is 3. The van der Waals surface area contributed by atoms with Crippen molar-refractivity contribution in [3.63, 3.8) is 0 Å². The Labute approximate surface area is 340 Å². The van der Waals surface area contributed by atoms with E-state index in [4.69, 9.17) is 0 Å². The molecule has 0 bridgehead atoms. The van der Waals surface area contributed by atoms with Gasteiger partial charge in [0.05, 0.1) is 5.76 Å². The number of alkyl halides is 3. The van der Waals surface area contributed by atoms with Crippen LogP contribution in [0, 0.1) is 36.4 Å². The number of hydrogen-bond acceptors (Lipinski definition) is 2. The number of ketones is 1. The normalized spacial score (nSPS) is 12.6. The number of aromatic nitrogens is 1. The first-order valence-electron chi connectivity index (χ1n) is 18.8. The molecule has 1 N–H and O–H groups in total. The molecule has 2 heterocycles. The smallest absolute Gasteiger partial charge is 0 e. The van der Waals surface area contributed by atoms with Gasteiger partial charge in [0.25, 0.3) is 0 Å². The molecular formula is C46H55F3IrNO2Se-. The topological polar surface area (TPSA) is 41.2 Å². The number of carbonyl (C=O) groups is 1. The first kappa shape index (κ1) is 45.4. The van der Waals surface area contributed by atoms with Crippen LogP contribution in [-0.4, -0.2) is 31.6 Å². The number of rotatable bonds is 11. The SMILES string of the molecule is CCC(CC)C(=O)/C=C(\O)C(CC)CC.Cc1c(-c2ccc(CC(C)(C)C(F)(F)F)cc2)[se]c2c1cc[c-][n+]2-c1[c-]c2ccccc2c(C(C)(C)C)c1.[Ir]. The van der Waals surface area contributed by atoms with E-state index in [-0.39, 0.29) is 69.8 Å². The quantitative estimate of drug-likeness (QED) is 0.0471. The fourth-order valence-corrected chi connectivity index (χ4v) is 9.40. The number of nitrogens with zero attached hydrogens (tertiary/aromatic N) is 1. The number of fused-ring (bicyclic) bond motifs is 2. The molecule has 0 amide bonds. The first-order valence-corrected chi connectivity index (χ1v) is 20.5. The third-order valence-corrected chi connectivity index (χ3v) is 13.2. The second-order valence-electron chi connectivity index (χ2n) is 15.7. The molecule has 0 atom stereocenters. The Bertz CT molecular complexity index is 2050. The zero-order valence-electron chi connectivity index (χ0n) is 33.3. The van der Waals surface area contributed by atoms with Crippen LogP contribution in [0.1, 0.15) is 105 Å². The van der Waals surface area contributed by atoms with E-state index in [1.807, 2.05) is 64.1 Å². The fraction of sp³-hybridized carbons (Fsp3) is 0.435. The van der Waals surface area contributed by atoms with E-state index < -0.39 is 11.6 Å². The molecular weight excluding hydrogens is 927 g/mol. The van der Waals surface area contributed by atoms with Gasteiger partial charge in [-0.2, -0.15) is 0 Å². The Morgan fingerprint density at radius 1 is 0.870 bits per heavy atom. The van der Waals surface area contributed by atoms with Crippen molar-refractivity contribution in [1.29, 1.82) is 0 Å². The average molecular weight is 982 g/mol. The summed E-state index contributed by atoms with van der Waals surface area (Å²) < 4.78 is 44.8. The number of halogens is 3. The molecule has 3 nitrogen and oxygen atoms in total. The van der Waals surface area contributed by atoms with E-state index in [1.54, 1.807) is 0 Å². The van der Waals surface area contributed by atoms with Crippen LogP contribution in [0.3, 0.4) is 0 Å². The van der Waals surface area contributed by atoms with Gasteiger partial charge in [-0.25, -0.2) is 0 Å². The summed E-state index contributed by atoms with van der Waals surface area (Å²) in [4.78, 5) is 11.7. The van der Waals surface area contributed by atoms with Crippen LogP contribution in [0.15, 0.2) is 78.6 Å². The predicted octanol–water partition coefficient (Wildman–Crippen LogP) is 12.2. The fourth-order valence-electron chi connectivity index (χ4n) is 6.70. The van der Waals surface area contributed by atoms with Crippen LogP contribution in [0.25, 0.3) is 36.2 Å². The third-order valence-electron chi connectivity index (χ3n) is 10.4. The number of aliphatic hydroxyl groups is 1. The van der Waals surface area contributed by atoms with Gasteiger partial charge >= 0.3 is 229 Å². The summed E-state index contributed by atoms with van der Waals surface area (Å²) in [5.74, 6) is 0.547. The largest absolute Gasteiger partial charge is 0 e. The number of pyridine rings is 1. The summed E-state index contributed by atoms with van der Waals surface area (Å²) in [7, 11) is 0. The van der Waals surface area contributed by atoms with Gasteiger partial charge in [0.1, 0.15) is 0 Å². The minimum absolute atomic E-state index is 0. The third kappa shape index (κ3) is 10.4. The van der Waals surface area contributed by atoms with Crippen LogP contribution >= 0.6 is 0 Å². The maximum absolute atomic E-state index is 13.4. The van der Waals surface area contributed by atoms with Gasteiger partial charge in [0, 0.05) is 38.0 Å². The van der Waals surface area contributed by atoms with Gasteiger partial charge in [-0.05, 0) is 25.7 Å². The van der Waals surface area contributed by atoms with Gasteiger partial charge in [0.15, 0.2) is 5.78 Å². The molecule has 0 fully saturated rings. The predicted molar refractivity (Wildman–Crippen MR) is 214 cm³/mol. The number of carbonyl (C=O) groups excluding carboxylic acids is 1. The molecule has 293 valence electrons. The van der Waals surface area contributed by atoms with Crippen molar-refractivity contribution in [3.05, 3.63) is 108 Å². The summed E-state index contributed by atoms with van der Waals surface area (Å²) in [6.45, 7) is 19.4. The van der Waals surface area contributed by atoms with Gasteiger partial charge in [-0.15, -0.1) is 0 Å². The molecule has 8 heteroatoms. The second kappa shape index (κ2) is 18.7. The molecule has 0 spiro atoms. The van der Waals surface area contributed by atoms with Crippen LogP contribution in [0.4, 0.5) is 13.2 Å². The molecule has 5 rings (SSSR count). The Balaban J connectivity index is 0.000000418. The van der Waals surface area contributed by atoms with Crippen molar-refractivity contribution >= 4 is 40.8 Å². The van der Waals surface area contributed by atoms with Gasteiger partial charge < -0.3 is 5.11 Å². The molecule has 0 unspecified atom stereocenters. The van der Waals surface area contributed by atoms with Crippen LogP contribution in [-0.2, 0) is 36.7 Å². The minimum Gasteiger partial charge on any atom is 0 e. The second-order valence-corrected chi connectivity index (χ2v) is 17.8. The van der Waals surface area contributed by atoms with Crippen molar-refractivity contribution in [2.24, 2.45) is 17.3 Å². The molecule has 0 saturated heterocycles. The van der Waals surface area contributed by atoms with E-state index in [0.29, 0.717) is 5.56 Å². The van der Waals surface area contributed by atoms with Gasteiger partial charge in [-0.3, -0.25) is 4.79 Å². The molecule has 1 radical (unpaired) electrons. The zero-order valence-corrected chi connectivity index (χ0v) is 37.4. The van der Waals surface area contributed by atoms with Crippen molar-refractivity contribution < 1.29 is 47.7 Å². The molecule has 2 aromatic heterocycles. The van der Waals surface area contributed by atoms with E-state index in [2.05, 4.69) is 74.9 Å². The molecule has 3 aromatic carbocycles. The van der Waals surface area contributed by atoms with Crippen molar-refractivity contribution in [2.45, 2.75) is 113 Å². The maximum Gasteiger partial charge on any atom is 0 e. The number of aliphatic hydroxyl groups excluding tert-OH is 1. The zero-order chi connectivity index (χ0) is 39.3. The number of hydrogen-bond donors (Lipinski definition) is 1. The van der Waals surface area contributed by atoms with Crippen molar-refractivity contribution in [3.8, 4) is 15.7 Å².